The van der Waals surface area contributed by atoms with Gasteiger partial charge in [-0.1, -0.05) is 39.8 Å². The number of imide groups is 1. The Kier molecular flexibility index (Phi) is 12.6. The summed E-state index contributed by atoms with van der Waals surface area (Å²) in [4.78, 5) is 63.3. The van der Waals surface area contributed by atoms with Crippen LogP contribution in [0.4, 0.5) is 27.5 Å². The lowest BCUT2D eigenvalue weighted by atomic mass is 9.91. The summed E-state index contributed by atoms with van der Waals surface area (Å²) in [6, 6.07) is 16.2. The minimum absolute atomic E-state index is 0.0842. The van der Waals surface area contributed by atoms with Crippen LogP contribution in [0.5, 0.6) is 0 Å². The SMILES string of the molecule is CCCS(=O)(=O)Nc1cccc(-c2nc(C(C)(C)C)sc2-c2ccnc(Nc3ccc4c(c3)CCN(C(=O)CN3CCN(c5cc([C@@H]6CCC(=O)NC6=O)ccn5)CC3)C4)n2)c1F. The van der Waals surface area contributed by atoms with Crippen LogP contribution in [0.25, 0.3) is 21.8 Å². The fourth-order valence-corrected chi connectivity index (χ4v) is 10.3. The summed E-state index contributed by atoms with van der Waals surface area (Å²) in [6.45, 7) is 12.1. The molecule has 0 spiro atoms. The third-order valence-corrected chi connectivity index (χ3v) is 14.4. The van der Waals surface area contributed by atoms with Crippen molar-refractivity contribution in [2.45, 2.75) is 71.3 Å². The van der Waals surface area contributed by atoms with Crippen LogP contribution < -0.4 is 20.3 Å². The summed E-state index contributed by atoms with van der Waals surface area (Å²) in [5, 5.41) is 6.54. The van der Waals surface area contributed by atoms with Gasteiger partial charge in [0.05, 0.1) is 45.2 Å². The van der Waals surface area contributed by atoms with Gasteiger partial charge in [-0.2, -0.15) is 0 Å². The van der Waals surface area contributed by atoms with Crippen molar-refractivity contribution in [1.29, 1.82) is 0 Å². The highest BCUT2D eigenvalue weighted by Crippen LogP contribution is 2.42. The van der Waals surface area contributed by atoms with E-state index < -0.39 is 15.8 Å². The van der Waals surface area contributed by atoms with Gasteiger partial charge < -0.3 is 15.1 Å². The number of sulfonamides is 1. The lowest BCUT2D eigenvalue weighted by Crippen LogP contribution is -2.50. The van der Waals surface area contributed by atoms with E-state index in [9.17, 15) is 22.8 Å². The number of anilines is 4. The molecule has 5 aromatic rings. The topological polar surface area (TPSA) is 183 Å². The number of thiazole rings is 1. The summed E-state index contributed by atoms with van der Waals surface area (Å²) in [5.41, 5.74) is 4.43. The smallest absolute Gasteiger partial charge is 0.237 e. The van der Waals surface area contributed by atoms with Crippen LogP contribution in [0, 0.1) is 5.82 Å². The maximum Gasteiger partial charge on any atom is 0.237 e. The molecule has 2 saturated heterocycles. The van der Waals surface area contributed by atoms with Crippen LogP contribution in [0.15, 0.2) is 67.0 Å². The predicted molar refractivity (Wildman–Crippen MR) is 242 cm³/mol. The number of benzene rings is 2. The molecule has 3 aliphatic heterocycles. The number of hydrogen-bond donors (Lipinski definition) is 3. The highest BCUT2D eigenvalue weighted by molar-refractivity contribution is 7.92. The quantitative estimate of drug-likeness (QED) is 0.121. The molecular weight excluding hydrogens is 844 g/mol. The van der Waals surface area contributed by atoms with Gasteiger partial charge in [-0.05, 0) is 78.4 Å². The molecule has 3 N–H and O–H groups in total. The van der Waals surface area contributed by atoms with Gasteiger partial charge in [0.15, 0.2) is 5.82 Å². The van der Waals surface area contributed by atoms with E-state index in [1.165, 1.54) is 17.4 Å². The molecular formula is C45H51FN10O5S2. The Morgan fingerprint density at radius 3 is 2.51 bits per heavy atom. The fraction of sp³-hybridized carbons (Fsp3) is 0.400. The van der Waals surface area contributed by atoms with Gasteiger partial charge in [0.2, 0.25) is 33.7 Å². The summed E-state index contributed by atoms with van der Waals surface area (Å²) in [7, 11) is -3.73. The molecule has 2 fully saturated rings. The second-order valence-electron chi connectivity index (χ2n) is 17.2. The van der Waals surface area contributed by atoms with E-state index in [2.05, 4.69) is 41.2 Å². The Morgan fingerprint density at radius 1 is 0.952 bits per heavy atom. The zero-order valence-electron chi connectivity index (χ0n) is 35.8. The van der Waals surface area contributed by atoms with Crippen molar-refractivity contribution in [2.24, 2.45) is 0 Å². The average Bonchev–Trinajstić information content (AvgIpc) is 3.71. The molecule has 2 aromatic carbocycles. The lowest BCUT2D eigenvalue weighted by Gasteiger charge is -2.37. The summed E-state index contributed by atoms with van der Waals surface area (Å²) in [6.07, 6.45) is 5.25. The van der Waals surface area contributed by atoms with Crippen LogP contribution in [0.3, 0.4) is 0 Å². The molecule has 0 unspecified atom stereocenters. The van der Waals surface area contributed by atoms with Crippen molar-refractivity contribution in [3.05, 3.63) is 94.5 Å². The molecule has 3 aromatic heterocycles. The standard InChI is InChI=1S/C45H51FN10O5S2/c1-5-23-63(60,61)53-34-8-6-7-33(39(34)46)40-41(62-43(52-40)45(2,3)4)35-14-17-48-44(50-35)49-31-10-9-30-26-56(18-15-28(30)24-31)38(58)27-54-19-21-55(22-20-54)36-25-29(13-16-47-36)32-11-12-37(57)51-42(32)59/h6-10,13-14,16-17,24-25,32,53H,5,11-12,15,18-23,26-27H2,1-4H3,(H,48,49,50)(H,51,57,59)/t32-/m0/s1. The Balaban J connectivity index is 0.903. The number of carbonyl (C=O) groups is 3. The van der Waals surface area contributed by atoms with Crippen LogP contribution in [0.2, 0.25) is 0 Å². The van der Waals surface area contributed by atoms with Crippen molar-refractivity contribution >= 4 is 62.2 Å². The van der Waals surface area contributed by atoms with Crippen molar-refractivity contribution in [1.82, 2.24) is 35.1 Å². The Morgan fingerprint density at radius 2 is 1.75 bits per heavy atom. The highest BCUT2D eigenvalue weighted by Gasteiger charge is 2.31. The first kappa shape index (κ1) is 43.8. The Bertz CT molecular complexity index is 2660. The number of aromatic nitrogens is 4. The number of fused-ring (bicyclic) bond motifs is 1. The van der Waals surface area contributed by atoms with Gasteiger partial charge in [-0.3, -0.25) is 29.3 Å². The van der Waals surface area contributed by atoms with Crippen LogP contribution in [0.1, 0.15) is 74.6 Å². The molecule has 15 nitrogen and oxygen atoms in total. The van der Waals surface area contributed by atoms with E-state index in [4.69, 9.17) is 9.97 Å². The van der Waals surface area contributed by atoms with Gasteiger partial charge in [0.1, 0.15) is 5.82 Å². The van der Waals surface area contributed by atoms with Crippen LogP contribution in [-0.4, -0.2) is 101 Å². The van der Waals surface area contributed by atoms with E-state index in [1.807, 2.05) is 49.9 Å². The zero-order valence-corrected chi connectivity index (χ0v) is 37.4. The monoisotopic (exact) mass is 894 g/mol. The Labute approximate surface area is 370 Å². The van der Waals surface area contributed by atoms with Gasteiger partial charge in [0, 0.05) is 74.7 Å². The number of amides is 3. The van der Waals surface area contributed by atoms with Gasteiger partial charge in [-0.15, -0.1) is 11.3 Å². The molecule has 0 saturated carbocycles. The van der Waals surface area contributed by atoms with Crippen molar-refractivity contribution in [2.75, 3.05) is 60.0 Å². The summed E-state index contributed by atoms with van der Waals surface area (Å²) >= 11 is 1.41. The lowest BCUT2D eigenvalue weighted by molar-refractivity contribution is -0.135. The van der Waals surface area contributed by atoms with Crippen molar-refractivity contribution < 1.29 is 27.2 Å². The number of rotatable bonds is 12. The predicted octanol–water partition coefficient (Wildman–Crippen LogP) is 6.22. The van der Waals surface area contributed by atoms with E-state index in [0.29, 0.717) is 93.7 Å². The molecule has 8 rings (SSSR count). The molecule has 3 aliphatic rings. The molecule has 63 heavy (non-hydrogen) atoms. The minimum Gasteiger partial charge on any atom is -0.354 e. The normalized spacial score (nSPS) is 17.3. The van der Waals surface area contributed by atoms with E-state index >= 15 is 4.39 Å². The average molecular weight is 895 g/mol. The van der Waals surface area contributed by atoms with Gasteiger partial charge in [0.25, 0.3) is 0 Å². The van der Waals surface area contributed by atoms with Crippen LogP contribution >= 0.6 is 11.3 Å². The largest absolute Gasteiger partial charge is 0.354 e. The molecule has 0 aliphatic carbocycles. The first-order valence-corrected chi connectivity index (χ1v) is 23.7. The molecule has 0 bridgehead atoms. The molecule has 330 valence electrons. The molecule has 0 radical (unpaired) electrons. The zero-order chi connectivity index (χ0) is 44.5. The minimum atomic E-state index is -3.73. The van der Waals surface area contributed by atoms with Gasteiger partial charge >= 0.3 is 0 Å². The number of piperazine rings is 1. The number of pyridine rings is 1. The molecule has 6 heterocycles. The van der Waals surface area contributed by atoms with Gasteiger partial charge in [-0.25, -0.2) is 32.7 Å². The van der Waals surface area contributed by atoms with Crippen molar-refractivity contribution in [3.63, 3.8) is 0 Å². The number of halogens is 1. The van der Waals surface area contributed by atoms with Crippen LogP contribution in [-0.2, 0) is 42.8 Å². The fourth-order valence-electron chi connectivity index (χ4n) is 8.06. The summed E-state index contributed by atoms with van der Waals surface area (Å²) < 4.78 is 43.6. The van der Waals surface area contributed by atoms with Crippen molar-refractivity contribution in [3.8, 4) is 21.8 Å². The third-order valence-electron chi connectivity index (χ3n) is 11.4. The Hall–Kier alpha value is -5.85. The highest BCUT2D eigenvalue weighted by atomic mass is 32.2. The number of hydrogen-bond acceptors (Lipinski definition) is 13. The molecule has 1 atom stereocenters. The number of piperidine rings is 1. The second kappa shape index (κ2) is 18.1. The maximum atomic E-state index is 16.1. The first-order chi connectivity index (χ1) is 30.1. The van der Waals surface area contributed by atoms with E-state index in [0.717, 1.165) is 33.2 Å². The molecule has 3 amide bonds. The number of carbonyl (C=O) groups excluding carboxylic acids is 3. The van der Waals surface area contributed by atoms with E-state index in [-0.39, 0.29) is 46.1 Å². The molecule has 18 heteroatoms. The number of nitrogens with zero attached hydrogens (tertiary/aromatic N) is 7. The first-order valence-electron chi connectivity index (χ1n) is 21.2. The summed E-state index contributed by atoms with van der Waals surface area (Å²) in [5.74, 6) is -0.486. The number of nitrogens with one attached hydrogen (secondary N) is 3. The van der Waals surface area contributed by atoms with E-state index in [1.54, 1.807) is 37.5 Å². The second-order valence-corrected chi connectivity index (χ2v) is 20.0. The third kappa shape index (κ3) is 10.0. The maximum absolute atomic E-state index is 16.1.